The fourth-order valence-corrected chi connectivity index (χ4v) is 1.76. The molecule has 0 aromatic carbocycles. The second-order valence-corrected chi connectivity index (χ2v) is 3.92. The van der Waals surface area contributed by atoms with E-state index in [9.17, 15) is 0 Å². The second-order valence-electron chi connectivity index (χ2n) is 3.92. The zero-order valence-corrected chi connectivity index (χ0v) is 10.0. The largest absolute Gasteiger partial charge is 0.361 e. The molecular weight excluding hydrogens is 202 g/mol. The zero-order chi connectivity index (χ0) is 11.5. The number of nitrogens with zero attached hydrogens (tertiary/aromatic N) is 3. The summed E-state index contributed by atoms with van der Waals surface area (Å²) in [7, 11) is 0. The molecule has 2 aromatic rings. The topological polar surface area (TPSA) is 43.9 Å². The van der Waals surface area contributed by atoms with Crippen LogP contribution in [0.5, 0.6) is 0 Å². The molecule has 0 atom stereocenters. The van der Waals surface area contributed by atoms with E-state index in [1.54, 1.807) is 0 Å². The molecule has 0 spiro atoms. The van der Waals surface area contributed by atoms with Gasteiger partial charge in [0.2, 0.25) is 0 Å². The predicted octanol–water partition coefficient (Wildman–Crippen LogP) is 2.35. The Morgan fingerprint density at radius 1 is 1.19 bits per heavy atom. The van der Waals surface area contributed by atoms with E-state index in [-0.39, 0.29) is 0 Å². The summed E-state index contributed by atoms with van der Waals surface area (Å²) in [5, 5.41) is 8.52. The average molecular weight is 219 g/mol. The maximum absolute atomic E-state index is 5.05. The first kappa shape index (κ1) is 10.9. The van der Waals surface area contributed by atoms with Crippen LogP contribution in [-0.4, -0.2) is 14.9 Å². The molecule has 0 aliphatic heterocycles. The highest BCUT2D eigenvalue weighted by atomic mass is 16.5. The molecule has 0 saturated heterocycles. The number of aryl methyl sites for hydroxylation is 3. The van der Waals surface area contributed by atoms with Crippen molar-refractivity contribution < 1.29 is 4.52 Å². The van der Waals surface area contributed by atoms with Crippen molar-refractivity contribution in [3.05, 3.63) is 35.0 Å². The van der Waals surface area contributed by atoms with Crippen LogP contribution in [-0.2, 0) is 19.4 Å². The Labute approximate surface area is 95.3 Å². The molecule has 0 unspecified atom stereocenters. The highest BCUT2D eigenvalue weighted by molar-refractivity contribution is 5.13. The van der Waals surface area contributed by atoms with Crippen LogP contribution in [0.2, 0.25) is 0 Å². The van der Waals surface area contributed by atoms with E-state index < -0.39 is 0 Å². The Morgan fingerprint density at radius 3 is 2.56 bits per heavy atom. The summed E-state index contributed by atoms with van der Waals surface area (Å²) in [4.78, 5) is 0. The molecule has 2 aromatic heterocycles. The lowest BCUT2D eigenvalue weighted by Gasteiger charge is -2.01. The van der Waals surface area contributed by atoms with Crippen LogP contribution in [0, 0.1) is 6.92 Å². The summed E-state index contributed by atoms with van der Waals surface area (Å²) in [6.07, 6.45) is 1.96. The van der Waals surface area contributed by atoms with Crippen molar-refractivity contribution in [2.75, 3.05) is 0 Å². The number of rotatable bonds is 4. The summed E-state index contributed by atoms with van der Waals surface area (Å²) in [5.41, 5.74) is 3.31. The fraction of sp³-hybridized carbons (Fsp3) is 0.500. The third-order valence-electron chi connectivity index (χ3n) is 2.63. The minimum atomic E-state index is 0.695. The first-order valence-electron chi connectivity index (χ1n) is 5.70. The molecule has 0 amide bonds. The van der Waals surface area contributed by atoms with Crippen molar-refractivity contribution in [1.82, 2.24) is 14.9 Å². The van der Waals surface area contributed by atoms with Crippen molar-refractivity contribution in [3.63, 3.8) is 0 Å². The summed E-state index contributed by atoms with van der Waals surface area (Å²) >= 11 is 0. The van der Waals surface area contributed by atoms with Crippen LogP contribution in [0.3, 0.4) is 0 Å². The molecule has 4 nitrogen and oxygen atoms in total. The Bertz CT molecular complexity index is 470. The normalized spacial score (nSPS) is 10.9. The van der Waals surface area contributed by atoms with Gasteiger partial charge in [-0.05, 0) is 25.8 Å². The molecule has 2 rings (SSSR count). The van der Waals surface area contributed by atoms with Gasteiger partial charge in [0.1, 0.15) is 11.5 Å². The molecule has 0 fully saturated rings. The molecule has 2 heterocycles. The molecule has 86 valence electrons. The van der Waals surface area contributed by atoms with Gasteiger partial charge in [-0.1, -0.05) is 19.0 Å². The lowest BCUT2D eigenvalue weighted by molar-refractivity contribution is 0.387. The van der Waals surface area contributed by atoms with Crippen LogP contribution in [0.25, 0.3) is 0 Å². The Morgan fingerprint density at radius 2 is 2.00 bits per heavy atom. The van der Waals surface area contributed by atoms with E-state index in [0.717, 1.165) is 30.0 Å². The van der Waals surface area contributed by atoms with E-state index in [4.69, 9.17) is 4.52 Å². The lowest BCUT2D eigenvalue weighted by atomic mass is 10.2. The number of hydrogen-bond acceptors (Lipinski definition) is 3. The Hall–Kier alpha value is -1.58. The monoisotopic (exact) mass is 219 g/mol. The van der Waals surface area contributed by atoms with Gasteiger partial charge >= 0.3 is 0 Å². The van der Waals surface area contributed by atoms with Crippen LogP contribution in [0.1, 0.15) is 36.7 Å². The summed E-state index contributed by atoms with van der Waals surface area (Å²) in [5.74, 6) is 0.843. The molecule has 0 bridgehead atoms. The highest BCUT2D eigenvalue weighted by Crippen LogP contribution is 2.10. The maximum atomic E-state index is 5.05. The smallest absolute Gasteiger partial charge is 0.133 e. The van der Waals surface area contributed by atoms with E-state index >= 15 is 0 Å². The standard InChI is InChI=1S/C12H17N3O/c1-4-10-7-12(5-2)15(13-10)8-11-6-9(3)16-14-11/h6-7H,4-5,8H2,1-3H3. The molecule has 0 N–H and O–H groups in total. The van der Waals surface area contributed by atoms with Crippen LogP contribution < -0.4 is 0 Å². The second kappa shape index (κ2) is 4.51. The van der Waals surface area contributed by atoms with Crippen LogP contribution in [0.15, 0.2) is 16.7 Å². The van der Waals surface area contributed by atoms with E-state index in [0.29, 0.717) is 6.54 Å². The molecular formula is C12H17N3O. The summed E-state index contributed by atoms with van der Waals surface area (Å²) in [6, 6.07) is 4.11. The van der Waals surface area contributed by atoms with Gasteiger partial charge in [0.15, 0.2) is 0 Å². The fourth-order valence-electron chi connectivity index (χ4n) is 1.76. The Balaban J connectivity index is 2.22. The SMILES string of the molecule is CCc1cc(CC)n(Cc2cc(C)on2)n1. The predicted molar refractivity (Wildman–Crippen MR) is 61.3 cm³/mol. The molecule has 0 aliphatic carbocycles. The third-order valence-corrected chi connectivity index (χ3v) is 2.63. The van der Waals surface area contributed by atoms with Crippen LogP contribution >= 0.6 is 0 Å². The van der Waals surface area contributed by atoms with Crippen LogP contribution in [0.4, 0.5) is 0 Å². The van der Waals surface area contributed by atoms with Crippen molar-refractivity contribution in [2.45, 2.75) is 40.2 Å². The maximum Gasteiger partial charge on any atom is 0.133 e. The summed E-state index contributed by atoms with van der Waals surface area (Å²) < 4.78 is 7.06. The van der Waals surface area contributed by atoms with Gasteiger partial charge in [0, 0.05) is 11.8 Å². The molecule has 0 saturated carbocycles. The van der Waals surface area contributed by atoms with Gasteiger partial charge in [-0.2, -0.15) is 5.10 Å². The van der Waals surface area contributed by atoms with Crippen molar-refractivity contribution in [3.8, 4) is 0 Å². The van der Waals surface area contributed by atoms with E-state index in [1.165, 1.54) is 5.69 Å². The number of hydrogen-bond donors (Lipinski definition) is 0. The Kier molecular flexibility index (Phi) is 3.08. The minimum Gasteiger partial charge on any atom is -0.361 e. The van der Waals surface area contributed by atoms with E-state index in [1.807, 2.05) is 17.7 Å². The van der Waals surface area contributed by atoms with Gasteiger partial charge in [-0.25, -0.2) is 0 Å². The highest BCUT2D eigenvalue weighted by Gasteiger charge is 2.08. The van der Waals surface area contributed by atoms with Gasteiger partial charge < -0.3 is 4.52 Å². The third kappa shape index (κ3) is 2.15. The van der Waals surface area contributed by atoms with Crippen molar-refractivity contribution in [1.29, 1.82) is 0 Å². The quantitative estimate of drug-likeness (QED) is 0.792. The minimum absolute atomic E-state index is 0.695. The molecule has 16 heavy (non-hydrogen) atoms. The van der Waals surface area contributed by atoms with E-state index in [2.05, 4.69) is 30.2 Å². The van der Waals surface area contributed by atoms with Gasteiger partial charge in [-0.3, -0.25) is 4.68 Å². The lowest BCUT2D eigenvalue weighted by Crippen LogP contribution is -2.06. The molecule has 0 aliphatic rings. The molecule has 4 heteroatoms. The van der Waals surface area contributed by atoms with Gasteiger partial charge in [0.25, 0.3) is 0 Å². The van der Waals surface area contributed by atoms with Gasteiger partial charge in [-0.15, -0.1) is 0 Å². The first-order valence-corrected chi connectivity index (χ1v) is 5.70. The van der Waals surface area contributed by atoms with Crippen molar-refractivity contribution >= 4 is 0 Å². The molecule has 0 radical (unpaired) electrons. The summed E-state index contributed by atoms with van der Waals surface area (Å²) in [6.45, 7) is 6.85. The zero-order valence-electron chi connectivity index (χ0n) is 10.0. The van der Waals surface area contributed by atoms with Crippen molar-refractivity contribution in [2.24, 2.45) is 0 Å². The number of aromatic nitrogens is 3. The average Bonchev–Trinajstić information content (AvgIpc) is 2.85. The first-order chi connectivity index (χ1) is 7.72. The van der Waals surface area contributed by atoms with Gasteiger partial charge in [0.05, 0.1) is 12.2 Å².